The second-order valence-corrected chi connectivity index (χ2v) is 3.39. The molecule has 0 aromatic carbocycles. The molecule has 1 aliphatic rings. The minimum absolute atomic E-state index is 0.336. The van der Waals surface area contributed by atoms with E-state index in [1.54, 1.807) is 4.90 Å². The molecule has 0 spiro atoms. The van der Waals surface area contributed by atoms with Crippen molar-refractivity contribution in [2.75, 3.05) is 40.3 Å². The van der Waals surface area contributed by atoms with Crippen molar-refractivity contribution in [1.29, 1.82) is 0 Å². The fourth-order valence-corrected chi connectivity index (χ4v) is 1.53. The lowest BCUT2D eigenvalue weighted by Crippen LogP contribution is -3.28. The van der Waals surface area contributed by atoms with Crippen LogP contribution in [0.15, 0.2) is 0 Å². The molecule has 60 valence electrons. The number of aliphatic hydroxyl groups is 1. The highest BCUT2D eigenvalue weighted by Crippen LogP contribution is 1.71. The minimum atomic E-state index is 0.336. The summed E-state index contributed by atoms with van der Waals surface area (Å²) in [6.07, 6.45) is 0. The van der Waals surface area contributed by atoms with Crippen molar-refractivity contribution in [3.8, 4) is 0 Å². The summed E-state index contributed by atoms with van der Waals surface area (Å²) < 4.78 is 0. The van der Waals surface area contributed by atoms with E-state index in [1.807, 2.05) is 0 Å². The molecular formula is C7H18N2O+2. The highest BCUT2D eigenvalue weighted by Gasteiger charge is 2.27. The standard InChI is InChI=1S/C7H16N2O/c1-8-3-4-9(2)7(5-8)6-10/h7,10H,3-6H2,1-2H3/p+2/t7-/m0/s1. The Labute approximate surface area is 62.2 Å². The second-order valence-electron chi connectivity index (χ2n) is 3.39. The maximum atomic E-state index is 8.95. The minimum Gasteiger partial charge on any atom is -0.390 e. The Morgan fingerprint density at radius 2 is 2.10 bits per heavy atom. The molecule has 3 nitrogen and oxygen atoms in total. The van der Waals surface area contributed by atoms with Crippen LogP contribution in [0, 0.1) is 0 Å². The third-order valence-electron chi connectivity index (χ3n) is 2.46. The Morgan fingerprint density at radius 1 is 1.40 bits per heavy atom. The van der Waals surface area contributed by atoms with Gasteiger partial charge >= 0.3 is 0 Å². The Kier molecular flexibility index (Phi) is 2.65. The summed E-state index contributed by atoms with van der Waals surface area (Å²) in [5, 5.41) is 8.95. The maximum Gasteiger partial charge on any atom is 0.160 e. The number of hydrogen-bond acceptors (Lipinski definition) is 1. The highest BCUT2D eigenvalue weighted by molar-refractivity contribution is 4.51. The van der Waals surface area contributed by atoms with Crippen LogP contribution in [0.5, 0.6) is 0 Å². The van der Waals surface area contributed by atoms with Crippen molar-refractivity contribution in [2.45, 2.75) is 6.04 Å². The number of piperazine rings is 1. The van der Waals surface area contributed by atoms with Gasteiger partial charge in [-0.05, 0) is 0 Å². The summed E-state index contributed by atoms with van der Waals surface area (Å²) in [7, 11) is 4.35. The molecule has 3 heteroatoms. The van der Waals surface area contributed by atoms with Gasteiger partial charge in [0.05, 0.1) is 14.1 Å². The number of quaternary nitrogens is 2. The molecule has 10 heavy (non-hydrogen) atoms. The Morgan fingerprint density at radius 3 is 2.60 bits per heavy atom. The summed E-state index contributed by atoms with van der Waals surface area (Å²) in [5.74, 6) is 0. The molecule has 1 rings (SSSR count). The molecule has 3 N–H and O–H groups in total. The first-order chi connectivity index (χ1) is 4.74. The summed E-state index contributed by atoms with van der Waals surface area (Å²) in [4.78, 5) is 3.03. The number of rotatable bonds is 1. The lowest BCUT2D eigenvalue weighted by atomic mass is 10.2. The lowest BCUT2D eigenvalue weighted by molar-refractivity contribution is -1.01. The third-order valence-corrected chi connectivity index (χ3v) is 2.46. The average Bonchev–Trinajstić information content (AvgIpc) is 1.94. The van der Waals surface area contributed by atoms with Gasteiger partial charge in [0.1, 0.15) is 26.2 Å². The summed E-state index contributed by atoms with van der Waals surface area (Å²) >= 11 is 0. The first-order valence-electron chi connectivity index (χ1n) is 3.98. The fourth-order valence-electron chi connectivity index (χ4n) is 1.53. The van der Waals surface area contributed by atoms with Gasteiger partial charge in [-0.2, -0.15) is 0 Å². The van der Waals surface area contributed by atoms with E-state index in [2.05, 4.69) is 14.1 Å². The molecule has 0 bridgehead atoms. The molecule has 1 aliphatic heterocycles. The summed E-state index contributed by atoms with van der Waals surface area (Å²) in [6.45, 7) is 3.88. The van der Waals surface area contributed by atoms with Crippen molar-refractivity contribution in [1.82, 2.24) is 0 Å². The zero-order valence-electron chi connectivity index (χ0n) is 6.85. The lowest BCUT2D eigenvalue weighted by Gasteiger charge is -2.30. The molecule has 0 aliphatic carbocycles. The summed E-state index contributed by atoms with van der Waals surface area (Å²) in [5.41, 5.74) is 0. The monoisotopic (exact) mass is 146 g/mol. The van der Waals surface area contributed by atoms with Crippen LogP contribution in [0.2, 0.25) is 0 Å². The van der Waals surface area contributed by atoms with Crippen LogP contribution in [0.3, 0.4) is 0 Å². The van der Waals surface area contributed by atoms with Gasteiger partial charge in [0.15, 0.2) is 6.04 Å². The maximum absolute atomic E-state index is 8.95. The number of aliphatic hydroxyl groups excluding tert-OH is 1. The number of hydrogen-bond donors (Lipinski definition) is 3. The van der Waals surface area contributed by atoms with Gasteiger partial charge in [0.25, 0.3) is 0 Å². The number of likely N-dealkylation sites (N-methyl/N-ethyl adjacent to an activating group) is 2. The predicted molar refractivity (Wildman–Crippen MR) is 39.2 cm³/mol. The van der Waals surface area contributed by atoms with Gasteiger partial charge in [0, 0.05) is 0 Å². The second kappa shape index (κ2) is 3.32. The van der Waals surface area contributed by atoms with E-state index in [0.717, 1.165) is 6.54 Å². The molecule has 0 aromatic heterocycles. The van der Waals surface area contributed by atoms with E-state index < -0.39 is 0 Å². The molecular weight excluding hydrogens is 128 g/mol. The van der Waals surface area contributed by atoms with Crippen LogP contribution in [0.4, 0.5) is 0 Å². The van der Waals surface area contributed by atoms with Crippen LogP contribution in [0.1, 0.15) is 0 Å². The molecule has 0 saturated carbocycles. The van der Waals surface area contributed by atoms with Crippen molar-refractivity contribution < 1.29 is 14.9 Å². The highest BCUT2D eigenvalue weighted by atomic mass is 16.3. The quantitative estimate of drug-likeness (QED) is 0.350. The van der Waals surface area contributed by atoms with Crippen LogP contribution < -0.4 is 9.80 Å². The zero-order chi connectivity index (χ0) is 7.56. The number of nitrogens with one attached hydrogen (secondary N) is 2. The van der Waals surface area contributed by atoms with Crippen molar-refractivity contribution >= 4 is 0 Å². The molecule has 1 heterocycles. The van der Waals surface area contributed by atoms with Gasteiger partial charge in [-0.25, -0.2) is 0 Å². The molecule has 0 aromatic rings. The van der Waals surface area contributed by atoms with Crippen molar-refractivity contribution in [2.24, 2.45) is 0 Å². The Bertz CT molecular complexity index is 108. The topological polar surface area (TPSA) is 29.1 Å². The molecule has 1 fully saturated rings. The molecule has 0 radical (unpaired) electrons. The van der Waals surface area contributed by atoms with E-state index in [0.29, 0.717) is 12.6 Å². The zero-order valence-corrected chi connectivity index (χ0v) is 6.85. The van der Waals surface area contributed by atoms with Crippen molar-refractivity contribution in [3.63, 3.8) is 0 Å². The molecule has 0 amide bonds. The Hall–Kier alpha value is -0.120. The van der Waals surface area contributed by atoms with E-state index in [-0.39, 0.29) is 0 Å². The van der Waals surface area contributed by atoms with E-state index in [4.69, 9.17) is 5.11 Å². The molecule has 2 unspecified atom stereocenters. The Balaban J connectivity index is 2.38. The fraction of sp³-hybridized carbons (Fsp3) is 1.00. The smallest absolute Gasteiger partial charge is 0.160 e. The van der Waals surface area contributed by atoms with Gasteiger partial charge in [0.2, 0.25) is 0 Å². The van der Waals surface area contributed by atoms with Gasteiger partial charge in [-0.1, -0.05) is 0 Å². The SMILES string of the molecule is C[NH+]1CC[NH+](C)[C@H](CO)C1. The van der Waals surface area contributed by atoms with E-state index in [9.17, 15) is 0 Å². The first kappa shape index (κ1) is 7.98. The summed E-state index contributed by atoms with van der Waals surface area (Å²) in [6, 6.07) is 0.466. The van der Waals surface area contributed by atoms with Gasteiger partial charge < -0.3 is 14.9 Å². The van der Waals surface area contributed by atoms with Crippen molar-refractivity contribution in [3.05, 3.63) is 0 Å². The molecule has 1 saturated heterocycles. The van der Waals surface area contributed by atoms with Gasteiger partial charge in [-0.3, -0.25) is 0 Å². The predicted octanol–water partition coefficient (Wildman–Crippen LogP) is -3.61. The normalized spacial score (nSPS) is 41.7. The van der Waals surface area contributed by atoms with E-state index >= 15 is 0 Å². The third kappa shape index (κ3) is 1.68. The van der Waals surface area contributed by atoms with Crippen LogP contribution >= 0.6 is 0 Å². The molecule has 3 atom stereocenters. The van der Waals surface area contributed by atoms with Crippen LogP contribution in [0.25, 0.3) is 0 Å². The first-order valence-corrected chi connectivity index (χ1v) is 3.98. The average molecular weight is 146 g/mol. The van der Waals surface area contributed by atoms with E-state index in [1.165, 1.54) is 18.0 Å². The van der Waals surface area contributed by atoms with Gasteiger partial charge in [-0.15, -0.1) is 0 Å². The van der Waals surface area contributed by atoms with Crippen LogP contribution in [-0.2, 0) is 0 Å². The van der Waals surface area contributed by atoms with Crippen LogP contribution in [-0.4, -0.2) is 51.5 Å². The largest absolute Gasteiger partial charge is 0.390 e.